The molecule has 0 atom stereocenters. The molecule has 0 aliphatic carbocycles. The molecule has 8 heteroatoms. The molecule has 1 aromatic heterocycles. The van der Waals surface area contributed by atoms with Gasteiger partial charge in [-0.05, 0) is 60.0 Å². The van der Waals surface area contributed by atoms with E-state index < -0.39 is 0 Å². The van der Waals surface area contributed by atoms with E-state index in [2.05, 4.69) is 40.4 Å². The lowest BCUT2D eigenvalue weighted by Crippen LogP contribution is -2.04. The Bertz CT molecular complexity index is 1110. The predicted octanol–water partition coefficient (Wildman–Crippen LogP) is 5.23. The number of thioether (sulfide) groups is 1. The molecule has 0 fully saturated rings. The lowest BCUT2D eigenvalue weighted by Gasteiger charge is -2.12. The Labute approximate surface area is 192 Å². The highest BCUT2D eigenvalue weighted by Crippen LogP contribution is 2.30. The van der Waals surface area contributed by atoms with E-state index in [0.717, 1.165) is 28.4 Å². The van der Waals surface area contributed by atoms with Crippen LogP contribution in [0.15, 0.2) is 58.8 Å². The second-order valence-electron chi connectivity index (χ2n) is 7.27. The van der Waals surface area contributed by atoms with Gasteiger partial charge in [0.2, 0.25) is 0 Å². The van der Waals surface area contributed by atoms with Gasteiger partial charge in [-0.3, -0.25) is 5.43 Å². The van der Waals surface area contributed by atoms with Crippen molar-refractivity contribution in [1.82, 2.24) is 9.97 Å². The zero-order valence-electron chi connectivity index (χ0n) is 18.5. The molecule has 0 saturated heterocycles. The highest BCUT2D eigenvalue weighted by Gasteiger charge is 2.17. The zero-order valence-corrected chi connectivity index (χ0v) is 19.3. The van der Waals surface area contributed by atoms with E-state index in [-0.39, 0.29) is 0 Å². The monoisotopic (exact) mass is 447 g/mol. The molecule has 0 spiro atoms. The van der Waals surface area contributed by atoms with E-state index in [4.69, 9.17) is 9.47 Å². The van der Waals surface area contributed by atoms with Gasteiger partial charge in [-0.25, -0.2) is 9.97 Å². The molecule has 3 rings (SSSR count). The fourth-order valence-corrected chi connectivity index (χ4v) is 3.54. The third-order valence-corrected chi connectivity index (χ3v) is 5.68. The summed E-state index contributed by atoms with van der Waals surface area (Å²) in [6.07, 6.45) is 1.66. The summed E-state index contributed by atoms with van der Waals surface area (Å²) in [6.45, 7) is 4.28. The van der Waals surface area contributed by atoms with E-state index in [1.165, 1.54) is 0 Å². The van der Waals surface area contributed by atoms with Crippen LogP contribution in [0.1, 0.15) is 25.0 Å². The van der Waals surface area contributed by atoms with Gasteiger partial charge in [-0.15, -0.1) is 0 Å². The summed E-state index contributed by atoms with van der Waals surface area (Å²) in [5.74, 6) is 3.21. The molecule has 0 unspecified atom stereocenters. The first-order valence-corrected chi connectivity index (χ1v) is 11.0. The van der Waals surface area contributed by atoms with Crippen molar-refractivity contribution in [3.63, 3.8) is 0 Å². The van der Waals surface area contributed by atoms with Crippen LogP contribution in [0.25, 0.3) is 11.3 Å². The van der Waals surface area contributed by atoms with Crippen LogP contribution < -0.4 is 14.9 Å². The van der Waals surface area contributed by atoms with Crippen molar-refractivity contribution >= 4 is 23.8 Å². The van der Waals surface area contributed by atoms with Crippen molar-refractivity contribution in [2.75, 3.05) is 25.4 Å². The van der Waals surface area contributed by atoms with Crippen LogP contribution in [-0.4, -0.2) is 36.2 Å². The van der Waals surface area contributed by atoms with Crippen molar-refractivity contribution in [2.45, 2.75) is 19.0 Å². The van der Waals surface area contributed by atoms with Crippen molar-refractivity contribution in [3.05, 3.63) is 59.7 Å². The van der Waals surface area contributed by atoms with Gasteiger partial charge in [-0.1, -0.05) is 25.6 Å². The van der Waals surface area contributed by atoms with Crippen LogP contribution in [0.3, 0.4) is 0 Å². The average molecular weight is 448 g/mol. The number of rotatable bonds is 9. The second-order valence-corrected chi connectivity index (χ2v) is 8.25. The van der Waals surface area contributed by atoms with Gasteiger partial charge < -0.3 is 9.47 Å². The number of nitriles is 1. The molecule has 0 radical (unpaired) electrons. The number of nitrogens with zero attached hydrogens (tertiary/aromatic N) is 4. The minimum absolute atomic E-state index is 0.330. The van der Waals surface area contributed by atoms with Gasteiger partial charge in [0.15, 0.2) is 11.0 Å². The average Bonchev–Trinajstić information content (AvgIpc) is 2.83. The molecule has 0 aliphatic heterocycles. The van der Waals surface area contributed by atoms with Crippen LogP contribution in [0.4, 0.5) is 5.82 Å². The van der Waals surface area contributed by atoms with Crippen molar-refractivity contribution in [2.24, 2.45) is 11.0 Å². The van der Waals surface area contributed by atoms with Crippen LogP contribution in [0, 0.1) is 17.2 Å². The molecule has 0 amide bonds. The van der Waals surface area contributed by atoms with E-state index in [0.29, 0.717) is 28.1 Å². The maximum Gasteiger partial charge on any atom is 0.190 e. The standard InChI is InChI=1S/C24H25N5O2S/c1-16(2)15-32-24-27-22(18-7-11-20(31-4)12-8-18)21(13-25)23(28-24)29-26-14-17-5-9-19(30-3)10-6-17/h5-12,14,16H,15H2,1-4H3,(H,27,28,29)/b26-14-. The van der Waals surface area contributed by atoms with Gasteiger partial charge in [0.1, 0.15) is 23.1 Å². The Morgan fingerprint density at radius 2 is 1.66 bits per heavy atom. The SMILES string of the molecule is COc1ccc(/C=N\Nc2nc(SCC(C)C)nc(-c3ccc(OC)cc3)c2C#N)cc1. The van der Waals surface area contributed by atoms with Crippen LogP contribution in [0.5, 0.6) is 11.5 Å². The summed E-state index contributed by atoms with van der Waals surface area (Å²) in [4.78, 5) is 9.22. The normalized spacial score (nSPS) is 10.9. The molecule has 164 valence electrons. The number of benzene rings is 2. The van der Waals surface area contributed by atoms with Gasteiger partial charge in [-0.2, -0.15) is 10.4 Å². The Balaban J connectivity index is 1.95. The first kappa shape index (κ1) is 23.1. The Morgan fingerprint density at radius 1 is 1.03 bits per heavy atom. The topological polar surface area (TPSA) is 92.4 Å². The maximum atomic E-state index is 9.88. The summed E-state index contributed by atoms with van der Waals surface area (Å²) in [6, 6.07) is 17.2. The number of anilines is 1. The minimum Gasteiger partial charge on any atom is -0.497 e. The quantitative estimate of drug-likeness (QED) is 0.208. The van der Waals surface area contributed by atoms with Gasteiger partial charge >= 0.3 is 0 Å². The van der Waals surface area contributed by atoms with Crippen molar-refractivity contribution in [3.8, 4) is 28.8 Å². The number of hydrazone groups is 1. The molecular formula is C24H25N5O2S. The molecule has 0 saturated carbocycles. The fraction of sp³-hybridized carbons (Fsp3) is 0.250. The first-order chi connectivity index (χ1) is 15.5. The number of hydrogen-bond donors (Lipinski definition) is 1. The van der Waals surface area contributed by atoms with Crippen LogP contribution in [-0.2, 0) is 0 Å². The third kappa shape index (κ3) is 5.99. The summed E-state index contributed by atoms with van der Waals surface area (Å²) in [5.41, 5.74) is 5.50. The molecular weight excluding hydrogens is 422 g/mol. The van der Waals surface area contributed by atoms with E-state index in [1.54, 1.807) is 32.2 Å². The third-order valence-electron chi connectivity index (χ3n) is 4.41. The van der Waals surface area contributed by atoms with E-state index in [1.807, 2.05) is 48.5 Å². The first-order valence-electron chi connectivity index (χ1n) is 10.1. The number of aromatic nitrogens is 2. The van der Waals surface area contributed by atoms with E-state index >= 15 is 0 Å². The lowest BCUT2D eigenvalue weighted by molar-refractivity contribution is 0.414. The van der Waals surface area contributed by atoms with Crippen molar-refractivity contribution < 1.29 is 9.47 Å². The van der Waals surface area contributed by atoms with Gasteiger partial charge in [0.25, 0.3) is 0 Å². The second kappa shape index (κ2) is 11.2. The predicted molar refractivity (Wildman–Crippen MR) is 129 cm³/mol. The number of hydrogen-bond acceptors (Lipinski definition) is 8. The Hall–Kier alpha value is -3.57. The summed E-state index contributed by atoms with van der Waals surface area (Å²) in [5, 5.41) is 14.8. The molecule has 7 nitrogen and oxygen atoms in total. The summed E-state index contributed by atoms with van der Waals surface area (Å²) in [7, 11) is 3.24. The fourth-order valence-electron chi connectivity index (χ4n) is 2.75. The molecule has 1 N–H and O–H groups in total. The molecule has 32 heavy (non-hydrogen) atoms. The molecule has 2 aromatic carbocycles. The van der Waals surface area contributed by atoms with Crippen LogP contribution >= 0.6 is 11.8 Å². The summed E-state index contributed by atoms with van der Waals surface area (Å²) >= 11 is 1.55. The zero-order chi connectivity index (χ0) is 22.9. The number of nitrogens with one attached hydrogen (secondary N) is 1. The highest BCUT2D eigenvalue weighted by atomic mass is 32.2. The largest absolute Gasteiger partial charge is 0.497 e. The van der Waals surface area contributed by atoms with Crippen molar-refractivity contribution in [1.29, 1.82) is 5.26 Å². The molecule has 1 heterocycles. The molecule has 3 aromatic rings. The molecule has 0 aliphatic rings. The Morgan fingerprint density at radius 3 is 2.22 bits per heavy atom. The smallest absolute Gasteiger partial charge is 0.190 e. The van der Waals surface area contributed by atoms with Crippen LogP contribution in [0.2, 0.25) is 0 Å². The Kier molecular flexibility index (Phi) is 8.06. The highest BCUT2D eigenvalue weighted by molar-refractivity contribution is 7.99. The summed E-state index contributed by atoms with van der Waals surface area (Å²) < 4.78 is 10.4. The van der Waals surface area contributed by atoms with Gasteiger partial charge in [0, 0.05) is 11.3 Å². The lowest BCUT2D eigenvalue weighted by atomic mass is 10.1. The minimum atomic E-state index is 0.330. The molecule has 0 bridgehead atoms. The number of methoxy groups -OCH3 is 2. The van der Waals surface area contributed by atoms with E-state index in [9.17, 15) is 5.26 Å². The van der Waals surface area contributed by atoms with Gasteiger partial charge in [0.05, 0.1) is 26.1 Å². The maximum absolute atomic E-state index is 9.88. The number of ether oxygens (including phenoxy) is 2.